The molecule has 0 aromatic heterocycles. The van der Waals surface area contributed by atoms with Crippen molar-refractivity contribution in [3.05, 3.63) is 60.2 Å². The summed E-state index contributed by atoms with van der Waals surface area (Å²) in [4.78, 5) is 40.8. The molecule has 1 unspecified atom stereocenters. The topological polar surface area (TPSA) is 76.2 Å². The Balaban J connectivity index is 1.74. The highest BCUT2D eigenvalue weighted by atomic mass is 16.5. The van der Waals surface area contributed by atoms with Crippen molar-refractivity contribution in [1.29, 1.82) is 0 Å². The zero-order chi connectivity index (χ0) is 21.5. The van der Waals surface area contributed by atoms with Gasteiger partial charge < -0.3 is 19.3 Å². The van der Waals surface area contributed by atoms with Crippen molar-refractivity contribution in [2.75, 3.05) is 32.2 Å². The maximum Gasteiger partial charge on any atom is 0.307 e. The Kier molecular flexibility index (Phi) is 7.06. The number of carbonyl (C=O) groups is 3. The van der Waals surface area contributed by atoms with E-state index >= 15 is 0 Å². The average Bonchev–Trinajstić information content (AvgIpc) is 3.18. The molecule has 30 heavy (non-hydrogen) atoms. The minimum Gasteiger partial charge on any atom is -0.497 e. The van der Waals surface area contributed by atoms with E-state index in [9.17, 15) is 14.4 Å². The van der Waals surface area contributed by atoms with Crippen molar-refractivity contribution in [2.45, 2.75) is 19.4 Å². The van der Waals surface area contributed by atoms with E-state index in [-0.39, 0.29) is 37.2 Å². The van der Waals surface area contributed by atoms with Crippen LogP contribution in [0.1, 0.15) is 18.4 Å². The van der Waals surface area contributed by atoms with Crippen molar-refractivity contribution < 1.29 is 23.9 Å². The zero-order valence-electron chi connectivity index (χ0n) is 17.2. The summed E-state index contributed by atoms with van der Waals surface area (Å²) >= 11 is 0. The first-order valence-corrected chi connectivity index (χ1v) is 9.85. The molecule has 3 rings (SSSR count). The Labute approximate surface area is 176 Å². The molecule has 2 aromatic carbocycles. The molecule has 7 nitrogen and oxygen atoms in total. The normalized spacial score (nSPS) is 15.7. The van der Waals surface area contributed by atoms with Crippen LogP contribution in [0.2, 0.25) is 0 Å². The lowest BCUT2D eigenvalue weighted by atomic mass is 10.1. The molecule has 1 atom stereocenters. The first-order valence-electron chi connectivity index (χ1n) is 9.85. The molecule has 1 aliphatic heterocycles. The van der Waals surface area contributed by atoms with Gasteiger partial charge in [0.1, 0.15) is 5.75 Å². The number of nitrogens with zero attached hydrogens (tertiary/aromatic N) is 2. The highest BCUT2D eigenvalue weighted by Gasteiger charge is 2.37. The number of benzene rings is 2. The first kappa shape index (κ1) is 21.4. The first-order chi connectivity index (χ1) is 14.5. The van der Waals surface area contributed by atoms with E-state index in [1.54, 1.807) is 29.0 Å². The van der Waals surface area contributed by atoms with E-state index < -0.39 is 5.92 Å². The van der Waals surface area contributed by atoms with Crippen molar-refractivity contribution in [1.82, 2.24) is 4.90 Å². The van der Waals surface area contributed by atoms with Crippen LogP contribution in [0.5, 0.6) is 5.75 Å². The molecule has 7 heteroatoms. The lowest BCUT2D eigenvalue weighted by molar-refractivity contribution is -0.142. The van der Waals surface area contributed by atoms with Crippen LogP contribution in [0.4, 0.5) is 5.69 Å². The van der Waals surface area contributed by atoms with Crippen molar-refractivity contribution in [3.63, 3.8) is 0 Å². The van der Waals surface area contributed by atoms with Gasteiger partial charge in [0, 0.05) is 37.8 Å². The van der Waals surface area contributed by atoms with Crippen LogP contribution in [0, 0.1) is 5.92 Å². The molecule has 2 amide bonds. The fourth-order valence-corrected chi connectivity index (χ4v) is 3.56. The van der Waals surface area contributed by atoms with Crippen molar-refractivity contribution in [3.8, 4) is 5.75 Å². The fraction of sp³-hybridized carbons (Fsp3) is 0.348. The number of carbonyl (C=O) groups excluding carboxylic acids is 3. The summed E-state index contributed by atoms with van der Waals surface area (Å²) < 4.78 is 9.96. The van der Waals surface area contributed by atoms with Crippen LogP contribution < -0.4 is 9.64 Å². The van der Waals surface area contributed by atoms with E-state index in [1.165, 1.54) is 7.11 Å². The Morgan fingerprint density at radius 1 is 1.10 bits per heavy atom. The quantitative estimate of drug-likeness (QED) is 0.626. The Morgan fingerprint density at radius 2 is 1.87 bits per heavy atom. The SMILES string of the molecule is COC(=O)CCN(Cc1ccccc1)C(=O)C1CC(=O)N(c2cccc(OC)c2)C1. The second-order valence-electron chi connectivity index (χ2n) is 7.18. The number of hydrogen-bond donors (Lipinski definition) is 0. The Bertz CT molecular complexity index is 899. The van der Waals surface area contributed by atoms with Crippen LogP contribution in [0.25, 0.3) is 0 Å². The predicted molar refractivity (Wildman–Crippen MR) is 112 cm³/mol. The highest BCUT2D eigenvalue weighted by Crippen LogP contribution is 2.29. The smallest absolute Gasteiger partial charge is 0.307 e. The van der Waals surface area contributed by atoms with Gasteiger partial charge in [0.2, 0.25) is 11.8 Å². The van der Waals surface area contributed by atoms with E-state index in [1.807, 2.05) is 42.5 Å². The lowest BCUT2D eigenvalue weighted by Crippen LogP contribution is -2.38. The van der Waals surface area contributed by atoms with Gasteiger partial charge in [-0.25, -0.2) is 0 Å². The van der Waals surface area contributed by atoms with E-state index in [2.05, 4.69) is 0 Å². The molecular formula is C23H26N2O5. The summed E-state index contributed by atoms with van der Waals surface area (Å²) in [7, 11) is 2.90. The monoisotopic (exact) mass is 410 g/mol. The molecule has 1 heterocycles. The average molecular weight is 410 g/mol. The molecule has 0 N–H and O–H groups in total. The van der Waals surface area contributed by atoms with Crippen LogP contribution in [-0.4, -0.2) is 50.0 Å². The van der Waals surface area contributed by atoms with Gasteiger partial charge in [-0.3, -0.25) is 14.4 Å². The molecule has 0 radical (unpaired) electrons. The van der Waals surface area contributed by atoms with Gasteiger partial charge in [-0.05, 0) is 17.7 Å². The zero-order valence-corrected chi connectivity index (χ0v) is 17.2. The molecule has 1 fully saturated rings. The summed E-state index contributed by atoms with van der Waals surface area (Å²) in [5.74, 6) is -0.430. The minimum atomic E-state index is -0.468. The number of esters is 1. The van der Waals surface area contributed by atoms with Crippen molar-refractivity contribution >= 4 is 23.5 Å². The number of hydrogen-bond acceptors (Lipinski definition) is 5. The summed E-state index contributed by atoms with van der Waals surface area (Å²) in [5.41, 5.74) is 1.67. The van der Waals surface area contributed by atoms with Gasteiger partial charge in [-0.1, -0.05) is 36.4 Å². The van der Waals surface area contributed by atoms with E-state index in [0.29, 0.717) is 24.5 Å². The van der Waals surface area contributed by atoms with Crippen LogP contribution in [0.15, 0.2) is 54.6 Å². The molecule has 0 bridgehead atoms. The summed E-state index contributed by atoms with van der Waals surface area (Å²) in [6.45, 7) is 0.916. The summed E-state index contributed by atoms with van der Waals surface area (Å²) in [6, 6.07) is 16.8. The predicted octanol–water partition coefficient (Wildman–Crippen LogP) is 2.64. The summed E-state index contributed by atoms with van der Waals surface area (Å²) in [6.07, 6.45) is 0.245. The van der Waals surface area contributed by atoms with Crippen LogP contribution in [0.3, 0.4) is 0 Å². The van der Waals surface area contributed by atoms with Crippen molar-refractivity contribution in [2.24, 2.45) is 5.92 Å². The molecule has 0 aliphatic carbocycles. The van der Waals surface area contributed by atoms with E-state index in [4.69, 9.17) is 9.47 Å². The van der Waals surface area contributed by atoms with Gasteiger partial charge in [0.25, 0.3) is 0 Å². The Morgan fingerprint density at radius 3 is 2.57 bits per heavy atom. The second kappa shape index (κ2) is 9.91. The number of methoxy groups -OCH3 is 2. The third-order valence-corrected chi connectivity index (χ3v) is 5.18. The lowest BCUT2D eigenvalue weighted by Gasteiger charge is -2.25. The Hall–Kier alpha value is -3.35. The molecule has 2 aromatic rings. The van der Waals surface area contributed by atoms with Gasteiger partial charge in [0.15, 0.2) is 0 Å². The van der Waals surface area contributed by atoms with Crippen LogP contribution in [-0.2, 0) is 25.7 Å². The molecule has 1 saturated heterocycles. The third kappa shape index (κ3) is 5.17. The van der Waals surface area contributed by atoms with Crippen LogP contribution >= 0.6 is 0 Å². The maximum atomic E-state index is 13.3. The molecule has 158 valence electrons. The van der Waals surface area contributed by atoms with Gasteiger partial charge in [-0.15, -0.1) is 0 Å². The minimum absolute atomic E-state index is 0.103. The second-order valence-corrected chi connectivity index (χ2v) is 7.18. The third-order valence-electron chi connectivity index (χ3n) is 5.18. The van der Waals surface area contributed by atoms with E-state index in [0.717, 1.165) is 5.56 Å². The molecule has 0 saturated carbocycles. The van der Waals surface area contributed by atoms with Gasteiger partial charge in [0.05, 0.1) is 26.6 Å². The summed E-state index contributed by atoms with van der Waals surface area (Å²) in [5, 5.41) is 0. The number of anilines is 1. The molecular weight excluding hydrogens is 384 g/mol. The maximum absolute atomic E-state index is 13.3. The van der Waals surface area contributed by atoms with Gasteiger partial charge >= 0.3 is 5.97 Å². The standard InChI is InChI=1S/C23H26N2O5/c1-29-20-10-6-9-19(14-20)25-16-18(13-21(25)26)23(28)24(12-11-22(27)30-2)15-17-7-4-3-5-8-17/h3-10,14,18H,11-13,15-16H2,1-2H3. The highest BCUT2D eigenvalue weighted by molar-refractivity contribution is 6.00. The number of amides is 2. The molecule has 1 aliphatic rings. The number of rotatable bonds is 8. The molecule has 0 spiro atoms. The fourth-order valence-electron chi connectivity index (χ4n) is 3.56. The largest absolute Gasteiger partial charge is 0.497 e. The van der Waals surface area contributed by atoms with Gasteiger partial charge in [-0.2, -0.15) is 0 Å². The number of ether oxygens (including phenoxy) is 2.